The molecule has 1 rings (SSSR count). The maximum atomic E-state index is 12.0. The van der Waals surface area contributed by atoms with Crippen LogP contribution in [0.15, 0.2) is 18.2 Å². The number of carboxylic acids is 1. The molecule has 0 spiro atoms. The predicted octanol–water partition coefficient (Wildman–Crippen LogP) is 3.01. The Bertz CT molecular complexity index is 589. The highest BCUT2D eigenvalue weighted by atomic mass is 16.5. The third kappa shape index (κ3) is 5.73. The van der Waals surface area contributed by atoms with Gasteiger partial charge >= 0.3 is 17.9 Å². The van der Waals surface area contributed by atoms with E-state index in [0.29, 0.717) is 0 Å². The van der Waals surface area contributed by atoms with Crippen LogP contribution in [0.4, 0.5) is 0 Å². The Morgan fingerprint density at radius 2 is 1.43 bits per heavy atom. The molecular weight excluding hydrogens is 300 g/mol. The molecule has 0 atom stereocenters. The lowest BCUT2D eigenvalue weighted by molar-refractivity contribution is 0.0440. The van der Waals surface area contributed by atoms with E-state index in [-0.39, 0.29) is 41.7 Å². The molecule has 0 amide bonds. The summed E-state index contributed by atoms with van der Waals surface area (Å²) < 4.78 is 10.1. The zero-order chi connectivity index (χ0) is 17.6. The second-order valence-electron chi connectivity index (χ2n) is 6.05. The van der Waals surface area contributed by atoms with Crippen LogP contribution in [0, 0.1) is 11.8 Å². The third-order valence-corrected chi connectivity index (χ3v) is 2.80. The van der Waals surface area contributed by atoms with Crippen molar-refractivity contribution in [2.75, 3.05) is 13.2 Å². The van der Waals surface area contributed by atoms with Crippen LogP contribution >= 0.6 is 0 Å². The maximum absolute atomic E-state index is 12.0. The normalized spacial score (nSPS) is 10.7. The van der Waals surface area contributed by atoms with Crippen LogP contribution in [-0.4, -0.2) is 36.2 Å². The van der Waals surface area contributed by atoms with E-state index in [2.05, 4.69) is 0 Å². The standard InChI is InChI=1S/C17H22O6/c1-10(2)8-22-16(20)12-5-6-13(14(7-12)15(18)19)17(21)23-9-11(3)4/h5-7,10-11H,8-9H2,1-4H3,(H,18,19). The summed E-state index contributed by atoms with van der Waals surface area (Å²) >= 11 is 0. The van der Waals surface area contributed by atoms with Gasteiger partial charge in [0.15, 0.2) is 0 Å². The molecule has 0 fully saturated rings. The molecule has 6 nitrogen and oxygen atoms in total. The van der Waals surface area contributed by atoms with Crippen molar-refractivity contribution in [3.8, 4) is 0 Å². The van der Waals surface area contributed by atoms with Crippen molar-refractivity contribution in [2.45, 2.75) is 27.7 Å². The summed E-state index contributed by atoms with van der Waals surface area (Å²) in [5, 5.41) is 9.26. The van der Waals surface area contributed by atoms with Crippen molar-refractivity contribution in [1.82, 2.24) is 0 Å². The fourth-order valence-electron chi connectivity index (χ4n) is 1.67. The Morgan fingerprint density at radius 3 is 1.91 bits per heavy atom. The maximum Gasteiger partial charge on any atom is 0.339 e. The van der Waals surface area contributed by atoms with E-state index in [1.165, 1.54) is 12.1 Å². The minimum Gasteiger partial charge on any atom is -0.478 e. The number of aromatic carboxylic acids is 1. The molecule has 6 heteroatoms. The summed E-state index contributed by atoms with van der Waals surface area (Å²) in [6.07, 6.45) is 0. The number of carbonyl (C=O) groups excluding carboxylic acids is 2. The molecule has 0 aliphatic heterocycles. The van der Waals surface area contributed by atoms with Crippen LogP contribution in [0.1, 0.15) is 58.8 Å². The average Bonchev–Trinajstić information content (AvgIpc) is 2.49. The molecule has 0 bridgehead atoms. The Hall–Kier alpha value is -2.37. The zero-order valence-corrected chi connectivity index (χ0v) is 13.8. The van der Waals surface area contributed by atoms with Crippen LogP contribution in [0.5, 0.6) is 0 Å². The lowest BCUT2D eigenvalue weighted by atomic mass is 10.0. The fourth-order valence-corrected chi connectivity index (χ4v) is 1.67. The quantitative estimate of drug-likeness (QED) is 0.776. The van der Waals surface area contributed by atoms with Gasteiger partial charge in [-0.25, -0.2) is 14.4 Å². The topological polar surface area (TPSA) is 89.9 Å². The van der Waals surface area contributed by atoms with Gasteiger partial charge in [-0.15, -0.1) is 0 Å². The van der Waals surface area contributed by atoms with Gasteiger partial charge in [-0.2, -0.15) is 0 Å². The molecule has 1 N–H and O–H groups in total. The number of carboxylic acid groups (broad SMARTS) is 1. The Labute approximate surface area is 135 Å². The van der Waals surface area contributed by atoms with E-state index in [4.69, 9.17) is 9.47 Å². The zero-order valence-electron chi connectivity index (χ0n) is 13.8. The van der Waals surface area contributed by atoms with E-state index in [9.17, 15) is 19.5 Å². The lowest BCUT2D eigenvalue weighted by Crippen LogP contribution is -2.16. The van der Waals surface area contributed by atoms with Crippen LogP contribution in [0.2, 0.25) is 0 Å². The summed E-state index contributed by atoms with van der Waals surface area (Å²) in [6, 6.07) is 3.77. The summed E-state index contributed by atoms with van der Waals surface area (Å²) in [5.41, 5.74) is -0.278. The minimum absolute atomic E-state index is 0.0847. The molecular formula is C17H22O6. The van der Waals surface area contributed by atoms with Gasteiger partial charge in [-0.05, 0) is 30.0 Å². The van der Waals surface area contributed by atoms with Gasteiger partial charge in [0.2, 0.25) is 0 Å². The highest BCUT2D eigenvalue weighted by Crippen LogP contribution is 2.16. The molecule has 126 valence electrons. The van der Waals surface area contributed by atoms with E-state index < -0.39 is 17.9 Å². The number of esters is 2. The molecule has 0 saturated heterocycles. The van der Waals surface area contributed by atoms with Crippen molar-refractivity contribution in [1.29, 1.82) is 0 Å². The van der Waals surface area contributed by atoms with Gasteiger partial charge in [0, 0.05) is 0 Å². The molecule has 0 aliphatic rings. The lowest BCUT2D eigenvalue weighted by Gasteiger charge is -2.11. The SMILES string of the molecule is CC(C)COC(=O)c1ccc(C(=O)OCC(C)C)c(C(=O)O)c1. The summed E-state index contributed by atoms with van der Waals surface area (Å²) in [6.45, 7) is 7.96. The Balaban J connectivity index is 3.00. The minimum atomic E-state index is -1.31. The van der Waals surface area contributed by atoms with Gasteiger partial charge in [-0.3, -0.25) is 0 Å². The molecule has 0 saturated carbocycles. The molecule has 0 heterocycles. The monoisotopic (exact) mass is 322 g/mol. The molecule has 1 aromatic carbocycles. The molecule has 1 aromatic rings. The Morgan fingerprint density at radius 1 is 0.913 bits per heavy atom. The van der Waals surface area contributed by atoms with Crippen molar-refractivity contribution in [3.05, 3.63) is 34.9 Å². The molecule has 23 heavy (non-hydrogen) atoms. The highest BCUT2D eigenvalue weighted by Gasteiger charge is 2.21. The van der Waals surface area contributed by atoms with Crippen molar-refractivity contribution in [2.24, 2.45) is 11.8 Å². The van der Waals surface area contributed by atoms with Gasteiger partial charge in [0.25, 0.3) is 0 Å². The first kappa shape index (κ1) is 18.7. The second-order valence-corrected chi connectivity index (χ2v) is 6.05. The number of benzene rings is 1. The first-order valence-corrected chi connectivity index (χ1v) is 7.44. The molecule has 0 unspecified atom stereocenters. The van der Waals surface area contributed by atoms with E-state index in [0.717, 1.165) is 6.07 Å². The first-order valence-electron chi connectivity index (χ1n) is 7.44. The fraction of sp³-hybridized carbons (Fsp3) is 0.471. The smallest absolute Gasteiger partial charge is 0.339 e. The highest BCUT2D eigenvalue weighted by molar-refractivity contribution is 6.04. The van der Waals surface area contributed by atoms with Gasteiger partial charge in [-0.1, -0.05) is 27.7 Å². The second kappa shape index (κ2) is 8.31. The molecule has 0 aromatic heterocycles. The summed E-state index contributed by atoms with van der Waals surface area (Å²) in [4.78, 5) is 35.2. The summed E-state index contributed by atoms with van der Waals surface area (Å²) in [7, 11) is 0. The number of rotatable bonds is 7. The number of hydrogen-bond donors (Lipinski definition) is 1. The summed E-state index contributed by atoms with van der Waals surface area (Å²) in [5.74, 6) is -2.35. The van der Waals surface area contributed by atoms with E-state index in [1.54, 1.807) is 0 Å². The van der Waals surface area contributed by atoms with Crippen LogP contribution < -0.4 is 0 Å². The van der Waals surface area contributed by atoms with Crippen LogP contribution in [-0.2, 0) is 9.47 Å². The van der Waals surface area contributed by atoms with Gasteiger partial charge in [0.1, 0.15) is 0 Å². The third-order valence-electron chi connectivity index (χ3n) is 2.80. The molecule has 0 aliphatic carbocycles. The number of hydrogen-bond acceptors (Lipinski definition) is 5. The van der Waals surface area contributed by atoms with E-state index in [1.807, 2.05) is 27.7 Å². The van der Waals surface area contributed by atoms with Crippen molar-refractivity contribution < 1.29 is 29.0 Å². The van der Waals surface area contributed by atoms with Crippen molar-refractivity contribution in [3.63, 3.8) is 0 Å². The van der Waals surface area contributed by atoms with Crippen LogP contribution in [0.3, 0.4) is 0 Å². The average molecular weight is 322 g/mol. The van der Waals surface area contributed by atoms with Crippen LogP contribution in [0.25, 0.3) is 0 Å². The Kier molecular flexibility index (Phi) is 6.75. The number of ether oxygens (including phenoxy) is 2. The van der Waals surface area contributed by atoms with Crippen molar-refractivity contribution >= 4 is 17.9 Å². The predicted molar refractivity (Wildman–Crippen MR) is 83.6 cm³/mol. The first-order chi connectivity index (χ1) is 10.7. The number of carbonyl (C=O) groups is 3. The van der Waals surface area contributed by atoms with Gasteiger partial charge in [0.05, 0.1) is 29.9 Å². The van der Waals surface area contributed by atoms with Gasteiger partial charge < -0.3 is 14.6 Å². The largest absolute Gasteiger partial charge is 0.478 e. The molecule has 0 radical (unpaired) electrons. The van der Waals surface area contributed by atoms with E-state index >= 15 is 0 Å².